The van der Waals surface area contributed by atoms with Gasteiger partial charge in [0, 0.05) is 22.9 Å². The first-order valence-electron chi connectivity index (χ1n) is 6.34. The first-order valence-corrected chi connectivity index (χ1v) is 7.10. The zero-order chi connectivity index (χ0) is 13.2. The standard InChI is InChI=1S/C15H14Cl2N2/c16-12-3-1-2-10(6-12)11-7-14(8-11)19-13-4-5-18-15(17)9-13/h1-6,9,11,14H,7-8H2,(H,18,19). The summed E-state index contributed by atoms with van der Waals surface area (Å²) < 4.78 is 0. The molecule has 0 atom stereocenters. The molecule has 1 fully saturated rings. The zero-order valence-electron chi connectivity index (χ0n) is 10.3. The summed E-state index contributed by atoms with van der Waals surface area (Å²) in [4.78, 5) is 3.97. The molecule has 0 amide bonds. The van der Waals surface area contributed by atoms with E-state index in [1.165, 1.54) is 5.56 Å². The number of anilines is 1. The number of aromatic nitrogens is 1. The molecule has 0 saturated heterocycles. The van der Waals surface area contributed by atoms with Gasteiger partial charge in [-0.3, -0.25) is 0 Å². The number of benzene rings is 1. The molecule has 1 aliphatic rings. The number of pyridine rings is 1. The zero-order valence-corrected chi connectivity index (χ0v) is 11.8. The third-order valence-electron chi connectivity index (χ3n) is 3.56. The van der Waals surface area contributed by atoms with Gasteiger partial charge in [0.2, 0.25) is 0 Å². The van der Waals surface area contributed by atoms with Crippen LogP contribution >= 0.6 is 23.2 Å². The van der Waals surface area contributed by atoms with E-state index in [4.69, 9.17) is 23.2 Å². The largest absolute Gasteiger partial charge is 0.382 e. The fourth-order valence-electron chi connectivity index (χ4n) is 2.50. The van der Waals surface area contributed by atoms with Crippen molar-refractivity contribution < 1.29 is 0 Å². The number of nitrogens with one attached hydrogen (secondary N) is 1. The summed E-state index contributed by atoms with van der Waals surface area (Å²) in [6.45, 7) is 0. The van der Waals surface area contributed by atoms with Gasteiger partial charge in [-0.05, 0) is 48.6 Å². The van der Waals surface area contributed by atoms with Gasteiger partial charge >= 0.3 is 0 Å². The van der Waals surface area contributed by atoms with E-state index in [1.807, 2.05) is 24.3 Å². The fourth-order valence-corrected chi connectivity index (χ4v) is 2.87. The van der Waals surface area contributed by atoms with Crippen LogP contribution in [-0.2, 0) is 0 Å². The lowest BCUT2D eigenvalue weighted by Crippen LogP contribution is -2.33. The smallest absolute Gasteiger partial charge is 0.131 e. The highest BCUT2D eigenvalue weighted by molar-refractivity contribution is 6.30. The molecule has 1 aromatic heterocycles. The van der Waals surface area contributed by atoms with Crippen molar-refractivity contribution in [3.8, 4) is 0 Å². The van der Waals surface area contributed by atoms with Gasteiger partial charge < -0.3 is 5.32 Å². The number of halogens is 2. The fraction of sp³-hybridized carbons (Fsp3) is 0.267. The Morgan fingerprint density at radius 1 is 1.11 bits per heavy atom. The van der Waals surface area contributed by atoms with Crippen LogP contribution < -0.4 is 5.32 Å². The predicted molar refractivity (Wildman–Crippen MR) is 80.1 cm³/mol. The molecule has 3 rings (SSSR count). The Bertz CT molecular complexity index is 580. The second-order valence-electron chi connectivity index (χ2n) is 4.93. The Morgan fingerprint density at radius 3 is 2.68 bits per heavy atom. The molecule has 0 bridgehead atoms. The second-order valence-corrected chi connectivity index (χ2v) is 5.76. The minimum absolute atomic E-state index is 0.502. The molecular formula is C15H14Cl2N2. The second kappa shape index (κ2) is 5.40. The van der Waals surface area contributed by atoms with E-state index in [-0.39, 0.29) is 0 Å². The first-order chi connectivity index (χ1) is 9.20. The molecule has 0 aliphatic heterocycles. The van der Waals surface area contributed by atoms with Crippen molar-refractivity contribution >= 4 is 28.9 Å². The van der Waals surface area contributed by atoms with Gasteiger partial charge in [-0.1, -0.05) is 35.3 Å². The molecule has 0 unspecified atom stereocenters. The van der Waals surface area contributed by atoms with Crippen molar-refractivity contribution in [2.75, 3.05) is 5.32 Å². The van der Waals surface area contributed by atoms with Crippen molar-refractivity contribution in [3.63, 3.8) is 0 Å². The number of rotatable bonds is 3. The number of hydrogen-bond acceptors (Lipinski definition) is 2. The molecule has 4 heteroatoms. The van der Waals surface area contributed by atoms with Crippen molar-refractivity contribution in [3.05, 3.63) is 58.3 Å². The summed E-state index contributed by atoms with van der Waals surface area (Å²) >= 11 is 11.9. The van der Waals surface area contributed by atoms with Crippen LogP contribution in [0.5, 0.6) is 0 Å². The third kappa shape index (κ3) is 3.02. The number of hydrogen-bond donors (Lipinski definition) is 1. The van der Waals surface area contributed by atoms with Crippen LogP contribution in [0.3, 0.4) is 0 Å². The molecule has 1 saturated carbocycles. The van der Waals surface area contributed by atoms with Gasteiger partial charge in [0.15, 0.2) is 0 Å². The highest BCUT2D eigenvalue weighted by Gasteiger charge is 2.30. The van der Waals surface area contributed by atoms with Crippen LogP contribution in [0.4, 0.5) is 5.69 Å². The molecule has 19 heavy (non-hydrogen) atoms. The Balaban J connectivity index is 1.58. The number of nitrogens with zero attached hydrogens (tertiary/aromatic N) is 1. The average Bonchev–Trinajstić information content (AvgIpc) is 2.33. The van der Waals surface area contributed by atoms with Crippen LogP contribution in [0.15, 0.2) is 42.6 Å². The van der Waals surface area contributed by atoms with E-state index in [0.717, 1.165) is 23.6 Å². The SMILES string of the molecule is Clc1cccc(C2CC(Nc3ccnc(Cl)c3)C2)c1. The van der Waals surface area contributed by atoms with Crippen LogP contribution in [-0.4, -0.2) is 11.0 Å². The van der Waals surface area contributed by atoms with Gasteiger partial charge in [0.05, 0.1) is 0 Å². The molecule has 0 radical (unpaired) electrons. The van der Waals surface area contributed by atoms with Crippen molar-refractivity contribution in [1.82, 2.24) is 4.98 Å². The highest BCUT2D eigenvalue weighted by atomic mass is 35.5. The predicted octanol–water partition coefficient (Wildman–Crippen LogP) is 4.75. The summed E-state index contributed by atoms with van der Waals surface area (Å²) in [6, 6.07) is 12.4. The molecule has 1 aliphatic carbocycles. The van der Waals surface area contributed by atoms with Crippen LogP contribution in [0.25, 0.3) is 0 Å². The molecule has 98 valence electrons. The van der Waals surface area contributed by atoms with Crippen molar-refractivity contribution in [1.29, 1.82) is 0 Å². The molecule has 2 aromatic rings. The molecule has 1 aromatic carbocycles. The van der Waals surface area contributed by atoms with Crippen LogP contribution in [0, 0.1) is 0 Å². The van der Waals surface area contributed by atoms with Crippen LogP contribution in [0.2, 0.25) is 10.2 Å². The maximum Gasteiger partial charge on any atom is 0.131 e. The minimum Gasteiger partial charge on any atom is -0.382 e. The van der Waals surface area contributed by atoms with Crippen LogP contribution in [0.1, 0.15) is 24.3 Å². The van der Waals surface area contributed by atoms with E-state index in [9.17, 15) is 0 Å². The monoisotopic (exact) mass is 292 g/mol. The van der Waals surface area contributed by atoms with E-state index < -0.39 is 0 Å². The molecular weight excluding hydrogens is 279 g/mol. The summed E-state index contributed by atoms with van der Waals surface area (Å²) in [5.41, 5.74) is 2.37. The maximum atomic E-state index is 6.02. The lowest BCUT2D eigenvalue weighted by molar-refractivity contribution is 0.374. The van der Waals surface area contributed by atoms with Crippen molar-refractivity contribution in [2.24, 2.45) is 0 Å². The van der Waals surface area contributed by atoms with Crippen molar-refractivity contribution in [2.45, 2.75) is 24.8 Å². The maximum absolute atomic E-state index is 6.02. The Labute approximate surface area is 122 Å². The molecule has 0 spiro atoms. The highest BCUT2D eigenvalue weighted by Crippen LogP contribution is 2.39. The lowest BCUT2D eigenvalue weighted by Gasteiger charge is -2.37. The van der Waals surface area contributed by atoms with Gasteiger partial charge in [0.25, 0.3) is 0 Å². The first kappa shape index (κ1) is 12.8. The third-order valence-corrected chi connectivity index (χ3v) is 4.00. The van der Waals surface area contributed by atoms with E-state index in [2.05, 4.69) is 22.4 Å². The van der Waals surface area contributed by atoms with E-state index >= 15 is 0 Å². The topological polar surface area (TPSA) is 24.9 Å². The summed E-state index contributed by atoms with van der Waals surface area (Å²) in [5.74, 6) is 0.605. The van der Waals surface area contributed by atoms with E-state index in [1.54, 1.807) is 6.20 Å². The Hall–Kier alpha value is -1.25. The minimum atomic E-state index is 0.502. The summed E-state index contributed by atoms with van der Waals surface area (Å²) in [5, 5.41) is 4.81. The average molecular weight is 293 g/mol. The molecule has 2 nitrogen and oxygen atoms in total. The Kier molecular flexibility index (Phi) is 3.63. The summed E-state index contributed by atoms with van der Waals surface area (Å²) in [7, 11) is 0. The Morgan fingerprint density at radius 2 is 1.95 bits per heavy atom. The quantitative estimate of drug-likeness (QED) is 0.826. The summed E-state index contributed by atoms with van der Waals surface area (Å²) in [6.07, 6.45) is 3.97. The molecule has 1 N–H and O–H groups in total. The molecule has 1 heterocycles. The normalized spacial score (nSPS) is 21.8. The van der Waals surface area contributed by atoms with E-state index in [0.29, 0.717) is 17.1 Å². The van der Waals surface area contributed by atoms with Gasteiger partial charge in [0.1, 0.15) is 5.15 Å². The lowest BCUT2D eigenvalue weighted by atomic mass is 9.76. The van der Waals surface area contributed by atoms with Gasteiger partial charge in [-0.15, -0.1) is 0 Å². The van der Waals surface area contributed by atoms with Gasteiger partial charge in [-0.25, -0.2) is 4.98 Å². The van der Waals surface area contributed by atoms with Gasteiger partial charge in [-0.2, -0.15) is 0 Å².